The Morgan fingerprint density at radius 1 is 1.00 bits per heavy atom. The van der Waals surface area contributed by atoms with E-state index >= 15 is 0 Å². The van der Waals surface area contributed by atoms with Crippen molar-refractivity contribution in [2.24, 2.45) is 14.1 Å². The molecule has 0 fully saturated rings. The zero-order chi connectivity index (χ0) is 11.3. The molecule has 0 spiro atoms. The number of benzene rings is 1. The second-order valence-corrected chi connectivity index (χ2v) is 4.35. The Labute approximate surface area is 94.7 Å². The average molecular weight is 211 g/mol. The molecule has 3 rings (SSSR count). The lowest BCUT2D eigenvalue weighted by Crippen LogP contribution is -2.34. The quantitative estimate of drug-likeness (QED) is 0.505. The summed E-state index contributed by atoms with van der Waals surface area (Å²) >= 11 is 0. The smallest absolute Gasteiger partial charge is 0.234 e. The van der Waals surface area contributed by atoms with Gasteiger partial charge in [-0.1, -0.05) is 12.1 Å². The van der Waals surface area contributed by atoms with Crippen molar-refractivity contribution in [2.75, 3.05) is 0 Å². The third-order valence-corrected chi connectivity index (χ3v) is 3.45. The summed E-state index contributed by atoms with van der Waals surface area (Å²) in [5.74, 6) is 0. The topological polar surface area (TPSA) is 8.81 Å². The van der Waals surface area contributed by atoms with Gasteiger partial charge in [-0.2, -0.15) is 0 Å². The lowest BCUT2D eigenvalue weighted by molar-refractivity contribution is -0.653. The molecule has 2 aromatic heterocycles. The lowest BCUT2D eigenvalue weighted by Gasteiger charge is -1.99. The minimum absolute atomic E-state index is 1.28. The first kappa shape index (κ1) is 9.40. The Bertz CT molecular complexity index is 693. The van der Waals surface area contributed by atoms with Gasteiger partial charge in [-0.25, -0.2) is 9.13 Å². The molecule has 2 heteroatoms. The maximum atomic E-state index is 2.26. The average Bonchev–Trinajstić information content (AvgIpc) is 2.59. The second kappa shape index (κ2) is 3.08. The molecule has 0 bridgehead atoms. The number of aromatic nitrogens is 2. The van der Waals surface area contributed by atoms with E-state index in [1.54, 1.807) is 0 Å². The molecule has 0 radical (unpaired) electrons. The van der Waals surface area contributed by atoms with E-state index in [9.17, 15) is 0 Å². The van der Waals surface area contributed by atoms with Crippen LogP contribution in [0.3, 0.4) is 0 Å². The monoisotopic (exact) mass is 211 g/mol. The van der Waals surface area contributed by atoms with Gasteiger partial charge in [-0.15, -0.1) is 0 Å². The lowest BCUT2D eigenvalue weighted by atomic mass is 10.2. The number of rotatable bonds is 0. The highest BCUT2D eigenvalue weighted by Crippen LogP contribution is 2.25. The molecule has 0 saturated carbocycles. The van der Waals surface area contributed by atoms with Crippen molar-refractivity contribution >= 4 is 21.9 Å². The van der Waals surface area contributed by atoms with Crippen molar-refractivity contribution < 1.29 is 4.57 Å². The van der Waals surface area contributed by atoms with E-state index in [0.29, 0.717) is 0 Å². The van der Waals surface area contributed by atoms with Gasteiger partial charge in [-0.3, -0.25) is 0 Å². The number of pyridine rings is 1. The Kier molecular flexibility index (Phi) is 1.81. The summed E-state index contributed by atoms with van der Waals surface area (Å²) in [7, 11) is 4.25. The number of para-hydroxylation sites is 1. The molecule has 0 unspecified atom stereocenters. The minimum atomic E-state index is 1.28. The third kappa shape index (κ3) is 1.04. The number of aryl methyl sites for hydroxylation is 3. The van der Waals surface area contributed by atoms with Crippen LogP contribution >= 0.6 is 0 Å². The van der Waals surface area contributed by atoms with E-state index in [1.807, 2.05) is 0 Å². The van der Waals surface area contributed by atoms with E-state index in [-0.39, 0.29) is 0 Å². The maximum Gasteiger partial charge on any atom is 0.289 e. The van der Waals surface area contributed by atoms with Gasteiger partial charge in [0.25, 0.3) is 5.65 Å². The molecule has 0 aliphatic heterocycles. The molecular weight excluding hydrogens is 196 g/mol. The van der Waals surface area contributed by atoms with Crippen LogP contribution in [-0.2, 0) is 14.1 Å². The first-order valence-electron chi connectivity index (χ1n) is 5.53. The van der Waals surface area contributed by atoms with E-state index in [2.05, 4.69) is 66.6 Å². The van der Waals surface area contributed by atoms with Crippen LogP contribution in [0.25, 0.3) is 21.9 Å². The molecule has 0 amide bonds. The molecule has 0 aliphatic rings. The largest absolute Gasteiger partial charge is 0.289 e. The summed E-state index contributed by atoms with van der Waals surface area (Å²) in [5, 5.41) is 2.65. The SMILES string of the molecule is Cc1ccc2c3ccccc3n(C)c2[n+]1C. The fourth-order valence-electron chi connectivity index (χ4n) is 2.46. The van der Waals surface area contributed by atoms with Gasteiger partial charge in [0.05, 0.1) is 19.5 Å². The van der Waals surface area contributed by atoms with Gasteiger partial charge in [0.1, 0.15) is 11.2 Å². The molecule has 2 heterocycles. The standard InChI is InChI=1S/C14H15N2/c1-10-8-9-12-11-6-4-5-7-13(11)16(3)14(12)15(10)2/h4-9H,1-3H3/q+1. The molecule has 0 aliphatic carbocycles. The van der Waals surface area contributed by atoms with E-state index in [0.717, 1.165) is 0 Å². The summed E-state index contributed by atoms with van der Waals surface area (Å²) < 4.78 is 4.51. The maximum absolute atomic E-state index is 2.26. The van der Waals surface area contributed by atoms with Crippen LogP contribution in [0.2, 0.25) is 0 Å². The molecule has 16 heavy (non-hydrogen) atoms. The zero-order valence-corrected chi connectivity index (χ0v) is 9.86. The van der Waals surface area contributed by atoms with Gasteiger partial charge in [-0.05, 0) is 31.2 Å². The van der Waals surface area contributed by atoms with Crippen LogP contribution in [0.1, 0.15) is 5.69 Å². The number of hydrogen-bond acceptors (Lipinski definition) is 0. The van der Waals surface area contributed by atoms with E-state index in [1.165, 1.54) is 27.6 Å². The van der Waals surface area contributed by atoms with Crippen molar-refractivity contribution in [1.29, 1.82) is 0 Å². The molecule has 2 nitrogen and oxygen atoms in total. The van der Waals surface area contributed by atoms with Crippen LogP contribution in [0.4, 0.5) is 0 Å². The van der Waals surface area contributed by atoms with Crippen molar-refractivity contribution in [2.45, 2.75) is 6.92 Å². The van der Waals surface area contributed by atoms with Gasteiger partial charge in [0.2, 0.25) is 0 Å². The predicted octanol–water partition coefficient (Wildman–Crippen LogP) is 2.46. The van der Waals surface area contributed by atoms with Crippen LogP contribution < -0.4 is 4.57 Å². The highest BCUT2D eigenvalue weighted by atomic mass is 15.1. The molecule has 0 atom stereocenters. The van der Waals surface area contributed by atoms with Crippen LogP contribution in [-0.4, -0.2) is 4.57 Å². The Hall–Kier alpha value is -1.83. The first-order valence-corrected chi connectivity index (χ1v) is 5.53. The van der Waals surface area contributed by atoms with Crippen LogP contribution in [0.5, 0.6) is 0 Å². The molecule has 3 aromatic rings. The normalized spacial score (nSPS) is 11.4. The van der Waals surface area contributed by atoms with Crippen molar-refractivity contribution in [3.63, 3.8) is 0 Å². The summed E-state index contributed by atoms with van der Waals surface area (Å²) in [4.78, 5) is 0. The number of nitrogens with zero attached hydrogens (tertiary/aromatic N) is 2. The Morgan fingerprint density at radius 3 is 2.56 bits per heavy atom. The summed E-state index contributed by atoms with van der Waals surface area (Å²) in [6, 6.07) is 12.9. The van der Waals surface area contributed by atoms with Crippen molar-refractivity contribution in [3.8, 4) is 0 Å². The number of hydrogen-bond donors (Lipinski definition) is 0. The van der Waals surface area contributed by atoms with E-state index in [4.69, 9.17) is 0 Å². The van der Waals surface area contributed by atoms with Gasteiger partial charge >= 0.3 is 0 Å². The molecule has 0 N–H and O–H groups in total. The third-order valence-electron chi connectivity index (χ3n) is 3.45. The van der Waals surface area contributed by atoms with Gasteiger partial charge < -0.3 is 0 Å². The van der Waals surface area contributed by atoms with Crippen molar-refractivity contribution in [1.82, 2.24) is 4.57 Å². The zero-order valence-electron chi connectivity index (χ0n) is 9.86. The van der Waals surface area contributed by atoms with Gasteiger partial charge in [0, 0.05) is 5.39 Å². The highest BCUT2D eigenvalue weighted by Gasteiger charge is 2.17. The predicted molar refractivity (Wildman–Crippen MR) is 66.3 cm³/mol. The summed E-state index contributed by atoms with van der Waals surface area (Å²) in [5.41, 5.74) is 3.85. The Balaban J connectivity index is 2.67. The number of fused-ring (bicyclic) bond motifs is 3. The van der Waals surface area contributed by atoms with Crippen LogP contribution in [0, 0.1) is 6.92 Å². The fourth-order valence-corrected chi connectivity index (χ4v) is 2.46. The van der Waals surface area contributed by atoms with Crippen molar-refractivity contribution in [3.05, 3.63) is 42.1 Å². The Morgan fingerprint density at radius 2 is 1.75 bits per heavy atom. The molecular formula is C14H15N2+. The summed E-state index contributed by atoms with van der Waals surface area (Å²) in [6.45, 7) is 2.14. The summed E-state index contributed by atoms with van der Waals surface area (Å²) in [6.07, 6.45) is 0. The highest BCUT2D eigenvalue weighted by molar-refractivity contribution is 6.05. The fraction of sp³-hybridized carbons (Fsp3) is 0.214. The minimum Gasteiger partial charge on any atom is -0.234 e. The van der Waals surface area contributed by atoms with Gasteiger partial charge in [0.15, 0.2) is 0 Å². The first-order chi connectivity index (χ1) is 7.70. The second-order valence-electron chi connectivity index (χ2n) is 4.35. The van der Waals surface area contributed by atoms with E-state index < -0.39 is 0 Å². The van der Waals surface area contributed by atoms with Crippen LogP contribution in [0.15, 0.2) is 36.4 Å². The molecule has 80 valence electrons. The molecule has 1 aromatic carbocycles. The molecule has 0 saturated heterocycles.